The number of fused-ring (bicyclic) bond motifs is 1. The molecule has 1 saturated heterocycles. The standard InChI is InChI=1S/C21H21F2N3O2S.ClH/c22-15-6-7-16(17(23)14-15)20(27)26(9-3-8-25-10-12-28-13-11-25)21-24-18-4-1-2-5-19(18)29-21;/h1-2,4-7,14H,3,8-13H2;1H. The highest BCUT2D eigenvalue weighted by Gasteiger charge is 2.24. The molecule has 1 aliphatic heterocycles. The van der Waals surface area contributed by atoms with E-state index in [1.165, 1.54) is 22.3 Å². The predicted octanol–water partition coefficient (Wildman–Crippen LogP) is 4.37. The molecular formula is C21H22ClF2N3O2S. The molecule has 5 nitrogen and oxygen atoms in total. The predicted molar refractivity (Wildman–Crippen MR) is 117 cm³/mol. The Morgan fingerprint density at radius 3 is 2.67 bits per heavy atom. The molecule has 4 rings (SSSR count). The zero-order valence-corrected chi connectivity index (χ0v) is 17.9. The van der Waals surface area contributed by atoms with E-state index in [4.69, 9.17) is 4.74 Å². The summed E-state index contributed by atoms with van der Waals surface area (Å²) in [5.74, 6) is -2.09. The summed E-state index contributed by atoms with van der Waals surface area (Å²) < 4.78 is 33.9. The van der Waals surface area contributed by atoms with Gasteiger partial charge < -0.3 is 4.74 Å². The molecule has 1 aromatic heterocycles. The van der Waals surface area contributed by atoms with Gasteiger partial charge in [0.2, 0.25) is 0 Å². The first-order valence-corrected chi connectivity index (χ1v) is 10.4. The van der Waals surface area contributed by atoms with Crippen molar-refractivity contribution < 1.29 is 18.3 Å². The SMILES string of the molecule is Cl.O=C(c1ccc(F)cc1F)N(CCCN1CCOCC1)c1nc2ccccc2s1. The summed E-state index contributed by atoms with van der Waals surface area (Å²) in [7, 11) is 0. The lowest BCUT2D eigenvalue weighted by molar-refractivity contribution is 0.0376. The number of aromatic nitrogens is 1. The van der Waals surface area contributed by atoms with Gasteiger partial charge in [-0.2, -0.15) is 0 Å². The van der Waals surface area contributed by atoms with Crippen molar-refractivity contribution in [2.24, 2.45) is 0 Å². The number of para-hydroxylation sites is 1. The second-order valence-corrected chi connectivity index (χ2v) is 7.86. The average Bonchev–Trinajstić information content (AvgIpc) is 3.15. The van der Waals surface area contributed by atoms with Crippen LogP contribution in [0.15, 0.2) is 42.5 Å². The van der Waals surface area contributed by atoms with Gasteiger partial charge in [0.1, 0.15) is 11.6 Å². The molecule has 2 heterocycles. The molecule has 30 heavy (non-hydrogen) atoms. The lowest BCUT2D eigenvalue weighted by Gasteiger charge is -2.27. The number of ether oxygens (including phenoxy) is 1. The number of thiazole rings is 1. The fourth-order valence-electron chi connectivity index (χ4n) is 3.35. The van der Waals surface area contributed by atoms with E-state index in [9.17, 15) is 13.6 Å². The van der Waals surface area contributed by atoms with Gasteiger partial charge in [-0.3, -0.25) is 14.6 Å². The fraction of sp³-hybridized carbons (Fsp3) is 0.333. The first-order valence-electron chi connectivity index (χ1n) is 9.54. The molecule has 1 fully saturated rings. The molecule has 0 bridgehead atoms. The van der Waals surface area contributed by atoms with Crippen molar-refractivity contribution in [3.8, 4) is 0 Å². The van der Waals surface area contributed by atoms with Crippen molar-refractivity contribution in [3.63, 3.8) is 0 Å². The van der Waals surface area contributed by atoms with Crippen molar-refractivity contribution in [2.75, 3.05) is 44.3 Å². The average molecular weight is 454 g/mol. The summed E-state index contributed by atoms with van der Waals surface area (Å²) in [6, 6.07) is 10.6. The number of hydrogen-bond acceptors (Lipinski definition) is 5. The number of anilines is 1. The van der Waals surface area contributed by atoms with Gasteiger partial charge in [0, 0.05) is 32.2 Å². The van der Waals surface area contributed by atoms with Crippen LogP contribution in [0.1, 0.15) is 16.8 Å². The van der Waals surface area contributed by atoms with E-state index in [-0.39, 0.29) is 18.0 Å². The second-order valence-electron chi connectivity index (χ2n) is 6.85. The quantitative estimate of drug-likeness (QED) is 0.556. The fourth-order valence-corrected chi connectivity index (χ4v) is 4.34. The minimum Gasteiger partial charge on any atom is -0.379 e. The summed E-state index contributed by atoms with van der Waals surface area (Å²) in [5, 5.41) is 0.516. The van der Waals surface area contributed by atoms with Crippen LogP contribution < -0.4 is 4.90 Å². The number of carbonyl (C=O) groups excluding carboxylic acids is 1. The molecular weight excluding hydrogens is 432 g/mol. The van der Waals surface area contributed by atoms with Crippen LogP contribution in [0, 0.1) is 11.6 Å². The molecule has 2 aromatic carbocycles. The Labute approximate surface area is 183 Å². The molecule has 0 saturated carbocycles. The van der Waals surface area contributed by atoms with E-state index in [0.29, 0.717) is 31.3 Å². The summed E-state index contributed by atoms with van der Waals surface area (Å²) in [6.45, 7) is 4.35. The van der Waals surface area contributed by atoms with Gasteiger partial charge in [-0.25, -0.2) is 13.8 Å². The monoisotopic (exact) mass is 453 g/mol. The zero-order chi connectivity index (χ0) is 20.2. The highest BCUT2D eigenvalue weighted by atomic mass is 35.5. The van der Waals surface area contributed by atoms with E-state index < -0.39 is 17.5 Å². The maximum Gasteiger partial charge on any atom is 0.263 e. The van der Waals surface area contributed by atoms with Gasteiger partial charge in [-0.15, -0.1) is 12.4 Å². The Bertz CT molecular complexity index is 978. The molecule has 160 valence electrons. The third-order valence-corrected chi connectivity index (χ3v) is 5.94. The highest BCUT2D eigenvalue weighted by molar-refractivity contribution is 7.22. The topological polar surface area (TPSA) is 45.7 Å². The summed E-state index contributed by atoms with van der Waals surface area (Å²) >= 11 is 1.39. The smallest absolute Gasteiger partial charge is 0.263 e. The summed E-state index contributed by atoms with van der Waals surface area (Å²) in [4.78, 5) is 21.5. The van der Waals surface area contributed by atoms with Gasteiger partial charge in [-0.05, 0) is 30.7 Å². The van der Waals surface area contributed by atoms with E-state index >= 15 is 0 Å². The second kappa shape index (κ2) is 10.3. The van der Waals surface area contributed by atoms with Crippen molar-refractivity contribution in [1.29, 1.82) is 0 Å². The van der Waals surface area contributed by atoms with Crippen LogP contribution in [0.2, 0.25) is 0 Å². The number of halogens is 3. The molecule has 9 heteroatoms. The molecule has 0 spiro atoms. The van der Waals surface area contributed by atoms with E-state index in [1.807, 2.05) is 24.3 Å². The molecule has 0 atom stereocenters. The maximum absolute atomic E-state index is 14.3. The minimum absolute atomic E-state index is 0. The molecule has 0 N–H and O–H groups in total. The molecule has 0 radical (unpaired) electrons. The normalized spacial score (nSPS) is 14.5. The molecule has 3 aromatic rings. The van der Waals surface area contributed by atoms with Crippen molar-refractivity contribution in [1.82, 2.24) is 9.88 Å². The Morgan fingerprint density at radius 2 is 1.93 bits per heavy atom. The van der Waals surface area contributed by atoms with Gasteiger partial charge >= 0.3 is 0 Å². The third-order valence-electron chi connectivity index (χ3n) is 4.88. The third kappa shape index (κ3) is 5.13. The van der Waals surface area contributed by atoms with Crippen LogP contribution in [0.25, 0.3) is 10.2 Å². The molecule has 0 unspecified atom stereocenters. The van der Waals surface area contributed by atoms with Crippen LogP contribution in [0.3, 0.4) is 0 Å². The van der Waals surface area contributed by atoms with Gasteiger partial charge in [0.15, 0.2) is 5.13 Å². The van der Waals surface area contributed by atoms with Crippen LogP contribution in [0.5, 0.6) is 0 Å². The summed E-state index contributed by atoms with van der Waals surface area (Å²) in [5.41, 5.74) is 0.634. The number of amides is 1. The Hall–Kier alpha value is -2.13. The lowest BCUT2D eigenvalue weighted by atomic mass is 10.1. The summed E-state index contributed by atoms with van der Waals surface area (Å²) in [6.07, 6.45) is 0.713. The number of hydrogen-bond donors (Lipinski definition) is 0. The number of benzene rings is 2. The van der Waals surface area contributed by atoms with Gasteiger partial charge in [0.25, 0.3) is 5.91 Å². The first-order chi connectivity index (χ1) is 14.1. The van der Waals surface area contributed by atoms with Crippen LogP contribution >= 0.6 is 23.7 Å². The first kappa shape index (κ1) is 22.6. The van der Waals surface area contributed by atoms with Gasteiger partial charge in [0.05, 0.1) is 29.0 Å². The van der Waals surface area contributed by atoms with Crippen LogP contribution in [0.4, 0.5) is 13.9 Å². The Kier molecular flexibility index (Phi) is 7.71. The van der Waals surface area contributed by atoms with Crippen molar-refractivity contribution in [2.45, 2.75) is 6.42 Å². The number of morpholine rings is 1. The van der Waals surface area contributed by atoms with Gasteiger partial charge in [-0.1, -0.05) is 23.5 Å². The van der Waals surface area contributed by atoms with Crippen LogP contribution in [-0.4, -0.2) is 55.2 Å². The zero-order valence-electron chi connectivity index (χ0n) is 16.2. The van der Waals surface area contributed by atoms with Crippen LogP contribution in [-0.2, 0) is 4.74 Å². The molecule has 0 aliphatic carbocycles. The molecule has 1 aliphatic rings. The van der Waals surface area contributed by atoms with E-state index in [1.54, 1.807) is 0 Å². The van der Waals surface area contributed by atoms with E-state index in [2.05, 4.69) is 9.88 Å². The number of nitrogens with zero attached hydrogens (tertiary/aromatic N) is 3. The lowest BCUT2D eigenvalue weighted by Crippen LogP contribution is -2.39. The maximum atomic E-state index is 14.3. The van der Waals surface area contributed by atoms with E-state index in [0.717, 1.165) is 42.0 Å². The Balaban J connectivity index is 0.00000256. The number of carbonyl (C=O) groups is 1. The highest BCUT2D eigenvalue weighted by Crippen LogP contribution is 2.30. The number of rotatable bonds is 6. The largest absolute Gasteiger partial charge is 0.379 e. The minimum atomic E-state index is -0.866. The Morgan fingerprint density at radius 1 is 1.17 bits per heavy atom. The molecule has 1 amide bonds. The van der Waals surface area contributed by atoms with Crippen molar-refractivity contribution in [3.05, 3.63) is 59.7 Å². The van der Waals surface area contributed by atoms with Crippen molar-refractivity contribution >= 4 is 45.0 Å².